The Bertz CT molecular complexity index is 3830. The van der Waals surface area contributed by atoms with E-state index in [0.29, 0.717) is 47.0 Å². The molecule has 0 saturated carbocycles. The molecule has 6 aromatic carbocycles. The molecule has 86 heavy (non-hydrogen) atoms. The second kappa shape index (κ2) is 27.7. The van der Waals surface area contributed by atoms with Gasteiger partial charge >= 0.3 is 0 Å². The van der Waals surface area contributed by atoms with Crippen LogP contribution in [0.4, 0.5) is 0 Å². The van der Waals surface area contributed by atoms with Gasteiger partial charge in [-0.05, 0) is 77.5 Å². The quantitative estimate of drug-likeness (QED) is 0.0299. The number of aromatic amines is 1. The maximum Gasteiger partial charge on any atom is 0.270 e. The van der Waals surface area contributed by atoms with Crippen LogP contribution >= 0.6 is 0 Å². The predicted molar refractivity (Wildman–Crippen MR) is 334 cm³/mol. The number of amides is 2. The molecule has 4 aromatic heterocycles. The van der Waals surface area contributed by atoms with Crippen LogP contribution in [0.1, 0.15) is 77.6 Å². The molecule has 2 atom stereocenters. The Morgan fingerprint density at radius 3 is 1.35 bits per heavy atom. The van der Waals surface area contributed by atoms with Gasteiger partial charge in [-0.3, -0.25) is 33.6 Å². The van der Waals surface area contributed by atoms with E-state index in [2.05, 4.69) is 55.8 Å². The fourth-order valence-corrected chi connectivity index (χ4v) is 11.3. The average molecular weight is 1170 g/mol. The van der Waals surface area contributed by atoms with Gasteiger partial charge in [0.05, 0.1) is 24.0 Å². The second-order valence-electron chi connectivity index (χ2n) is 22.6. The minimum Gasteiger partial charge on any atom is -0.507 e. The third-order valence-corrected chi connectivity index (χ3v) is 16.8. The first-order valence-electron chi connectivity index (χ1n) is 28.5. The van der Waals surface area contributed by atoms with E-state index < -0.39 is 37.9 Å². The van der Waals surface area contributed by atoms with Crippen molar-refractivity contribution in [3.63, 3.8) is 0 Å². The Labute approximate surface area is 501 Å². The van der Waals surface area contributed by atoms with Crippen molar-refractivity contribution in [2.75, 3.05) is 6.61 Å². The molecule has 18 heteroatoms. The van der Waals surface area contributed by atoms with Gasteiger partial charge in [-0.15, -0.1) is 0 Å². The Hall–Kier alpha value is -9.78. The third kappa shape index (κ3) is 15.1. The summed E-state index contributed by atoms with van der Waals surface area (Å²) in [5.41, 5.74) is 10.0. The first kappa shape index (κ1) is 60.8. The van der Waals surface area contributed by atoms with E-state index in [-0.39, 0.29) is 41.8 Å². The van der Waals surface area contributed by atoms with E-state index in [4.69, 9.17) is 4.74 Å². The predicted octanol–water partition coefficient (Wildman–Crippen LogP) is 10.9. The van der Waals surface area contributed by atoms with Crippen LogP contribution in [0.5, 0.6) is 11.5 Å². The molecule has 10 aromatic rings. The number of benzene rings is 6. The minimum absolute atomic E-state index is 0.00349. The topological polar surface area (TPSA) is 224 Å². The van der Waals surface area contributed by atoms with Crippen LogP contribution in [-0.4, -0.2) is 99.9 Å². The number of rotatable bonds is 23. The van der Waals surface area contributed by atoms with Crippen LogP contribution in [0.2, 0.25) is 25.7 Å². The first-order chi connectivity index (χ1) is 41.4. The molecule has 2 amide bonds. The van der Waals surface area contributed by atoms with Crippen LogP contribution < -0.4 is 10.6 Å². The summed E-state index contributed by atoms with van der Waals surface area (Å²) < 4.78 is 10.6. The van der Waals surface area contributed by atoms with E-state index in [1.807, 2.05) is 160 Å². The van der Waals surface area contributed by atoms with E-state index in [0.717, 1.165) is 50.8 Å². The Kier molecular flexibility index (Phi) is 19.6. The molecule has 4 heterocycles. The number of aromatic nitrogens is 8. The summed E-state index contributed by atoms with van der Waals surface area (Å²) in [6.45, 7) is 11.8. The molecule has 10 rings (SSSR count). The van der Waals surface area contributed by atoms with Crippen LogP contribution in [0.15, 0.2) is 195 Å². The number of Topliss-reactive ketones (excluding diaryl/α,β-unsaturated/α-hetero) is 2. The smallest absolute Gasteiger partial charge is 0.270 e. The molecule has 0 aliphatic heterocycles. The highest BCUT2D eigenvalue weighted by Gasteiger charge is 2.35. The monoisotopic (exact) mass is 1170 g/mol. The van der Waals surface area contributed by atoms with Gasteiger partial charge in [0.2, 0.25) is 0 Å². The Morgan fingerprint density at radius 1 is 0.570 bits per heavy atom. The number of ether oxygens (including phenoxy) is 1. The number of aryl methyl sites for hydroxylation is 4. The number of carbonyl (C=O) groups excluding carboxylic acids is 4. The van der Waals surface area contributed by atoms with Gasteiger partial charge in [-0.2, -0.15) is 20.4 Å². The number of phenols is 2. The van der Waals surface area contributed by atoms with Crippen molar-refractivity contribution in [2.45, 2.75) is 83.0 Å². The van der Waals surface area contributed by atoms with Crippen molar-refractivity contribution in [2.24, 2.45) is 14.1 Å². The molecule has 0 saturated heterocycles. The maximum absolute atomic E-state index is 14.3. The number of nitrogens with one attached hydrogen (secondary N) is 3. The van der Waals surface area contributed by atoms with E-state index in [1.165, 1.54) is 9.36 Å². The summed E-state index contributed by atoms with van der Waals surface area (Å²) in [5.74, 6) is -1.93. The highest BCUT2D eigenvalue weighted by molar-refractivity contribution is 6.76. The molecule has 5 N–H and O–H groups in total. The third-order valence-electron chi connectivity index (χ3n) is 15.1. The van der Waals surface area contributed by atoms with Gasteiger partial charge in [-0.1, -0.05) is 165 Å². The Morgan fingerprint density at radius 2 is 0.988 bits per heavy atom. The SMILES string of the molecule is Cc1[nH]ncc1-c1ccc(CC(=O)[C@@H](NC(=O)c2ccnn2C)C(c2ccccc2)c2ccccc2)cc1O.Cc1nn(COCC[Si](C)(C)C)cc1-c1ccc(CC(=O)[C@@H](NC(=O)c2ccnn2C)C(c2ccccc2)c2ccccc2)cc1O. The number of hydrogen-bond acceptors (Lipinski definition) is 11. The van der Waals surface area contributed by atoms with E-state index in [9.17, 15) is 29.4 Å². The molecule has 17 nitrogen and oxygen atoms in total. The highest BCUT2D eigenvalue weighted by atomic mass is 28.3. The summed E-state index contributed by atoms with van der Waals surface area (Å²) in [5, 5.41) is 47.7. The van der Waals surface area contributed by atoms with E-state index in [1.54, 1.807) is 67.7 Å². The van der Waals surface area contributed by atoms with Crippen molar-refractivity contribution in [1.82, 2.24) is 50.2 Å². The van der Waals surface area contributed by atoms with Crippen LogP contribution in [0.3, 0.4) is 0 Å². The zero-order chi connectivity index (χ0) is 60.9. The highest BCUT2D eigenvalue weighted by Crippen LogP contribution is 2.36. The average Bonchev–Trinajstić information content (AvgIpc) is 1.98. The van der Waals surface area contributed by atoms with Crippen molar-refractivity contribution in [3.8, 4) is 33.8 Å². The number of aromatic hydroxyl groups is 2. The number of ketones is 2. The van der Waals surface area contributed by atoms with Crippen molar-refractivity contribution in [1.29, 1.82) is 0 Å². The van der Waals surface area contributed by atoms with E-state index >= 15 is 0 Å². The molecule has 0 aliphatic rings. The largest absolute Gasteiger partial charge is 0.507 e. The fraction of sp³-hybridized carbons (Fsp3) is 0.235. The first-order valence-corrected chi connectivity index (χ1v) is 32.2. The molecule has 440 valence electrons. The van der Waals surface area contributed by atoms with Crippen molar-refractivity contribution >= 4 is 31.5 Å². The molecule has 0 spiro atoms. The minimum atomic E-state index is -1.19. The normalized spacial score (nSPS) is 12.1. The number of phenolic OH excluding ortho intramolecular Hbond substituents is 2. The lowest BCUT2D eigenvalue weighted by Gasteiger charge is -2.28. The molecule has 0 aliphatic carbocycles. The van der Waals surface area contributed by atoms with Gasteiger partial charge in [0.1, 0.15) is 29.6 Å². The summed E-state index contributed by atoms with van der Waals surface area (Å²) >= 11 is 0. The lowest BCUT2D eigenvalue weighted by Crippen LogP contribution is -2.46. The molecule has 0 radical (unpaired) electrons. The number of nitrogens with zero attached hydrogens (tertiary/aromatic N) is 7. The fourth-order valence-electron chi connectivity index (χ4n) is 10.6. The number of H-pyrrole nitrogens is 1. The number of carbonyl (C=O) groups is 4. The van der Waals surface area contributed by atoms with Gasteiger partial charge in [0.15, 0.2) is 11.6 Å². The van der Waals surface area contributed by atoms with Crippen LogP contribution in [-0.2, 0) is 48.0 Å². The lowest BCUT2D eigenvalue weighted by atomic mass is 9.81. The second-order valence-corrected chi connectivity index (χ2v) is 28.2. The molecule has 0 bridgehead atoms. The lowest BCUT2D eigenvalue weighted by molar-refractivity contribution is -0.121. The van der Waals surface area contributed by atoms with Gasteiger partial charge in [0, 0.05) is 100.0 Å². The molecule has 0 fully saturated rings. The summed E-state index contributed by atoms with van der Waals surface area (Å²) in [6, 6.07) is 51.8. The number of hydrogen-bond donors (Lipinski definition) is 5. The summed E-state index contributed by atoms with van der Waals surface area (Å²) in [7, 11) is 2.19. The molecular weight excluding hydrogens is 1100 g/mol. The standard InChI is InChI=1S/C37H43N5O4Si.C31H29N5O3/c1-26-31(24-42(40-26)25-46-20-21-47(3,4)5)30-17-16-27(22-33(30)43)23-34(44)36(39-37(45)32-18-19-38-41(32)2)35(28-12-8-6-9-13-28)29-14-10-7-11-15-29;1-20-25(19-32-35-20)24-14-13-21(17-27(24)37)18-28(38)30(34-31(39)26-15-16-33-36(26)2)29(22-9-5-3-6-10-22)23-11-7-4-8-12-23/h6-19,22,24,35-36,43H,20-21,23,25H2,1-5H3,(H,39,45);3-17,19,29-30,37H,18H2,1-2H3,(H,32,35)(H,34,39)/t36-;30-/m11/s1. The molecular formula is C68H72N10O7Si. The van der Waals surface area contributed by atoms with Gasteiger partial charge in [0.25, 0.3) is 11.8 Å². The molecule has 0 unspecified atom stereocenters. The zero-order valence-electron chi connectivity index (χ0n) is 49.4. The van der Waals surface area contributed by atoms with Gasteiger partial charge < -0.3 is 25.6 Å². The summed E-state index contributed by atoms with van der Waals surface area (Å²) in [4.78, 5) is 55.1. The Balaban J connectivity index is 0.000000209. The van der Waals surface area contributed by atoms with Gasteiger partial charge in [-0.25, -0.2) is 4.68 Å². The maximum atomic E-state index is 14.3. The zero-order valence-corrected chi connectivity index (χ0v) is 50.4. The van der Waals surface area contributed by atoms with Crippen LogP contribution in [0.25, 0.3) is 22.3 Å². The van der Waals surface area contributed by atoms with Crippen molar-refractivity contribution < 1.29 is 34.1 Å². The van der Waals surface area contributed by atoms with Crippen molar-refractivity contribution in [3.05, 3.63) is 251 Å². The van der Waals surface area contributed by atoms with Crippen LogP contribution in [0, 0.1) is 13.8 Å². The summed E-state index contributed by atoms with van der Waals surface area (Å²) in [6.07, 6.45) is 6.65.